The van der Waals surface area contributed by atoms with Crippen LogP contribution in [0.15, 0.2) is 66.2 Å². The Hall–Kier alpha value is -4.26. The summed E-state index contributed by atoms with van der Waals surface area (Å²) in [4.78, 5) is 26.4. The van der Waals surface area contributed by atoms with Crippen LogP contribution in [-0.2, 0) is 9.59 Å². The van der Waals surface area contributed by atoms with E-state index in [1.807, 2.05) is 38.1 Å². The number of aromatic hydroxyl groups is 1. The molecule has 0 radical (unpaired) electrons. The fourth-order valence-corrected chi connectivity index (χ4v) is 3.20. The van der Waals surface area contributed by atoms with Crippen molar-refractivity contribution in [1.29, 1.82) is 0 Å². The highest BCUT2D eigenvalue weighted by atomic mass is 16.5. The molecule has 0 saturated heterocycles. The fraction of sp³-hybridized carbons (Fsp3) is 0.154. The highest BCUT2D eigenvalue weighted by Crippen LogP contribution is 2.37. The molecule has 0 unspecified atom stereocenters. The van der Waals surface area contributed by atoms with Crippen LogP contribution in [0, 0.1) is 13.8 Å². The van der Waals surface area contributed by atoms with Crippen LogP contribution in [0.1, 0.15) is 16.7 Å². The second-order valence-corrected chi connectivity index (χ2v) is 7.37. The topological polar surface area (TPSA) is 96.9 Å². The number of hydrogen-bond acceptors (Lipinski definition) is 5. The van der Waals surface area contributed by atoms with E-state index in [1.165, 1.54) is 32.4 Å². The van der Waals surface area contributed by atoms with E-state index < -0.39 is 11.8 Å². The summed E-state index contributed by atoms with van der Waals surface area (Å²) in [5, 5.41) is 15.8. The molecule has 2 amide bonds. The summed E-state index contributed by atoms with van der Waals surface area (Å²) < 4.78 is 10.4. The van der Waals surface area contributed by atoms with Gasteiger partial charge in [0.15, 0.2) is 11.5 Å². The van der Waals surface area contributed by atoms with Crippen LogP contribution < -0.4 is 20.1 Å². The van der Waals surface area contributed by atoms with Gasteiger partial charge in [-0.3, -0.25) is 9.59 Å². The van der Waals surface area contributed by atoms with Crippen LogP contribution in [0.5, 0.6) is 17.2 Å². The second kappa shape index (κ2) is 10.4. The quantitative estimate of drug-likeness (QED) is 0.278. The minimum Gasteiger partial charge on any atom is -0.502 e. The number of methoxy groups -OCH3 is 2. The maximum absolute atomic E-state index is 13.2. The molecule has 0 aliphatic carbocycles. The lowest BCUT2D eigenvalue weighted by molar-refractivity contribution is -0.118. The molecule has 0 aliphatic heterocycles. The summed E-state index contributed by atoms with van der Waals surface area (Å²) in [5.41, 5.74) is 3.22. The van der Waals surface area contributed by atoms with Crippen molar-refractivity contribution in [2.75, 3.05) is 24.9 Å². The van der Waals surface area contributed by atoms with Crippen LogP contribution in [0.3, 0.4) is 0 Å². The number of rotatable bonds is 7. The van der Waals surface area contributed by atoms with Crippen LogP contribution in [-0.4, -0.2) is 31.1 Å². The summed E-state index contributed by atoms with van der Waals surface area (Å²) >= 11 is 0. The largest absolute Gasteiger partial charge is 0.502 e. The predicted molar refractivity (Wildman–Crippen MR) is 129 cm³/mol. The number of aryl methyl sites for hydroxylation is 2. The Morgan fingerprint density at radius 2 is 1.21 bits per heavy atom. The molecule has 0 heterocycles. The number of carbonyl (C=O) groups excluding carboxylic acids is 2. The van der Waals surface area contributed by atoms with E-state index in [-0.39, 0.29) is 22.8 Å². The molecule has 3 N–H and O–H groups in total. The van der Waals surface area contributed by atoms with E-state index in [1.54, 1.807) is 24.3 Å². The third kappa shape index (κ3) is 5.51. The molecule has 3 aromatic rings. The van der Waals surface area contributed by atoms with Gasteiger partial charge in [-0.05, 0) is 60.9 Å². The first-order valence-electron chi connectivity index (χ1n) is 10.2. The van der Waals surface area contributed by atoms with Gasteiger partial charge in [0.05, 0.1) is 14.2 Å². The molecular weight excluding hydrogens is 420 g/mol. The van der Waals surface area contributed by atoms with Crippen molar-refractivity contribution >= 4 is 29.3 Å². The standard InChI is InChI=1S/C26H26N2O5/c1-16-9-5-7-11-20(16)27-25(30)19(26(31)28-21-12-8-6-10-17(21)2)13-18-14-22(32-3)24(29)23(15-18)33-4/h5-15,29H,1-4H3,(H,27,30)(H,28,31). The van der Waals surface area contributed by atoms with Gasteiger partial charge in [0.2, 0.25) is 5.75 Å². The van der Waals surface area contributed by atoms with Gasteiger partial charge in [-0.2, -0.15) is 0 Å². The highest BCUT2D eigenvalue weighted by molar-refractivity contribution is 6.29. The van der Waals surface area contributed by atoms with Crippen LogP contribution in [0.25, 0.3) is 6.08 Å². The minimum absolute atomic E-state index is 0.128. The van der Waals surface area contributed by atoms with Crippen molar-refractivity contribution in [3.63, 3.8) is 0 Å². The van der Waals surface area contributed by atoms with Gasteiger partial charge in [0.1, 0.15) is 5.57 Å². The first-order chi connectivity index (χ1) is 15.8. The van der Waals surface area contributed by atoms with Crippen molar-refractivity contribution in [3.8, 4) is 17.2 Å². The Kier molecular flexibility index (Phi) is 7.35. The number of phenols is 1. The highest BCUT2D eigenvalue weighted by Gasteiger charge is 2.21. The molecule has 170 valence electrons. The zero-order chi connectivity index (χ0) is 24.0. The molecule has 0 spiro atoms. The summed E-state index contributed by atoms with van der Waals surface area (Å²) in [6.07, 6.45) is 1.42. The molecule has 0 fully saturated rings. The Morgan fingerprint density at radius 3 is 1.61 bits per heavy atom. The minimum atomic E-state index is -0.582. The number of carbonyl (C=O) groups is 2. The van der Waals surface area contributed by atoms with E-state index in [4.69, 9.17) is 9.47 Å². The Labute approximate surface area is 192 Å². The number of nitrogens with one attached hydrogen (secondary N) is 2. The SMILES string of the molecule is COc1cc(C=C(C(=O)Nc2ccccc2C)C(=O)Nc2ccccc2C)cc(OC)c1O. The van der Waals surface area contributed by atoms with Gasteiger partial charge in [-0.25, -0.2) is 0 Å². The molecule has 0 bridgehead atoms. The fourth-order valence-electron chi connectivity index (χ4n) is 3.20. The van der Waals surface area contributed by atoms with Gasteiger partial charge in [-0.1, -0.05) is 36.4 Å². The first-order valence-corrected chi connectivity index (χ1v) is 10.2. The molecule has 0 aliphatic rings. The Bertz CT molecular complexity index is 1130. The number of ether oxygens (including phenoxy) is 2. The molecule has 7 heteroatoms. The normalized spacial score (nSPS) is 10.2. The summed E-state index contributed by atoms with van der Waals surface area (Å²) in [7, 11) is 2.80. The molecule has 0 aromatic heterocycles. The molecular formula is C26H26N2O5. The van der Waals surface area contributed by atoms with E-state index in [0.29, 0.717) is 16.9 Å². The van der Waals surface area contributed by atoms with Crippen molar-refractivity contribution in [2.45, 2.75) is 13.8 Å². The number of hydrogen-bond donors (Lipinski definition) is 3. The zero-order valence-corrected chi connectivity index (χ0v) is 18.9. The van der Waals surface area contributed by atoms with Crippen LogP contribution >= 0.6 is 0 Å². The van der Waals surface area contributed by atoms with Crippen LogP contribution in [0.4, 0.5) is 11.4 Å². The van der Waals surface area contributed by atoms with E-state index >= 15 is 0 Å². The summed E-state index contributed by atoms with van der Waals surface area (Å²) in [5.74, 6) is -1.03. The van der Waals surface area contributed by atoms with E-state index in [9.17, 15) is 14.7 Å². The molecule has 3 aromatic carbocycles. The second-order valence-electron chi connectivity index (χ2n) is 7.37. The summed E-state index contributed by atoms with van der Waals surface area (Å²) in [6, 6.07) is 17.6. The van der Waals surface area contributed by atoms with E-state index in [0.717, 1.165) is 11.1 Å². The van der Waals surface area contributed by atoms with E-state index in [2.05, 4.69) is 10.6 Å². The van der Waals surface area contributed by atoms with Gasteiger partial charge < -0.3 is 25.2 Å². The molecule has 0 saturated carbocycles. The molecule has 0 atom stereocenters. The van der Waals surface area contributed by atoms with Gasteiger partial charge >= 0.3 is 0 Å². The monoisotopic (exact) mass is 446 g/mol. The average molecular weight is 447 g/mol. The van der Waals surface area contributed by atoms with Gasteiger partial charge in [0.25, 0.3) is 11.8 Å². The smallest absolute Gasteiger partial charge is 0.261 e. The van der Waals surface area contributed by atoms with Gasteiger partial charge in [-0.15, -0.1) is 0 Å². The molecule has 33 heavy (non-hydrogen) atoms. The Morgan fingerprint density at radius 1 is 0.788 bits per heavy atom. The maximum Gasteiger partial charge on any atom is 0.261 e. The third-order valence-corrected chi connectivity index (χ3v) is 5.09. The van der Waals surface area contributed by atoms with Gasteiger partial charge in [0, 0.05) is 11.4 Å². The number of benzene rings is 3. The number of amides is 2. The van der Waals surface area contributed by atoms with Crippen molar-refractivity contribution in [2.24, 2.45) is 0 Å². The van der Waals surface area contributed by atoms with Crippen molar-refractivity contribution in [3.05, 3.63) is 82.9 Å². The lowest BCUT2D eigenvalue weighted by Crippen LogP contribution is -2.26. The maximum atomic E-state index is 13.2. The Balaban J connectivity index is 2.04. The van der Waals surface area contributed by atoms with Crippen molar-refractivity contribution in [1.82, 2.24) is 0 Å². The number of phenolic OH excluding ortho intramolecular Hbond substituents is 1. The molecule has 3 rings (SSSR count). The molecule has 7 nitrogen and oxygen atoms in total. The number of para-hydroxylation sites is 2. The van der Waals surface area contributed by atoms with Crippen molar-refractivity contribution < 1.29 is 24.2 Å². The average Bonchev–Trinajstić information content (AvgIpc) is 2.81. The lowest BCUT2D eigenvalue weighted by Gasteiger charge is -2.14. The third-order valence-electron chi connectivity index (χ3n) is 5.09. The number of anilines is 2. The van der Waals surface area contributed by atoms with Crippen LogP contribution in [0.2, 0.25) is 0 Å². The predicted octanol–water partition coefficient (Wildman–Crippen LogP) is 4.69. The summed E-state index contributed by atoms with van der Waals surface area (Å²) in [6.45, 7) is 3.73. The zero-order valence-electron chi connectivity index (χ0n) is 18.9. The first kappa shape index (κ1) is 23.4. The lowest BCUT2D eigenvalue weighted by atomic mass is 10.1.